The highest BCUT2D eigenvalue weighted by Crippen LogP contribution is 2.23. The van der Waals surface area contributed by atoms with Gasteiger partial charge in [-0.2, -0.15) is 0 Å². The summed E-state index contributed by atoms with van der Waals surface area (Å²) in [5.41, 5.74) is 29.1. The fourth-order valence-electron chi connectivity index (χ4n) is 7.94. The molecule has 4 heteroatoms. The fraction of sp³-hybridized carbons (Fsp3) is 0. The molecule has 0 saturated carbocycles. The van der Waals surface area contributed by atoms with Crippen LogP contribution in [0.15, 0.2) is 193 Å². The maximum absolute atomic E-state index is 4.95. The van der Waals surface area contributed by atoms with E-state index in [0.29, 0.717) is 0 Å². The number of rotatable bonds is 0. The van der Waals surface area contributed by atoms with E-state index in [-0.39, 0.29) is 0 Å². The lowest BCUT2D eigenvalue weighted by Crippen LogP contribution is -2.01. The minimum atomic E-state index is 0.840. The zero-order valence-corrected chi connectivity index (χ0v) is 32.0. The molecule has 272 valence electrons. The zero-order valence-electron chi connectivity index (χ0n) is 32.0. The molecule has 15 heterocycles. The summed E-state index contributed by atoms with van der Waals surface area (Å²) in [6, 6.07) is 49.5. The number of benzene rings is 6. The third kappa shape index (κ3) is 6.25. The number of hydrogen-bond donors (Lipinski definition) is 0. The average Bonchev–Trinajstić information content (AvgIpc) is 3.31. The van der Waals surface area contributed by atoms with Crippen molar-refractivity contribution in [3.8, 4) is 0 Å². The van der Waals surface area contributed by atoms with Crippen molar-refractivity contribution in [1.29, 1.82) is 0 Å². The average molecular weight is 757 g/mol. The molecule has 11 aliphatic heterocycles. The van der Waals surface area contributed by atoms with Crippen LogP contribution in [0.25, 0.3) is 66.5 Å². The normalized spacial score (nSPS) is 11.3. The van der Waals surface area contributed by atoms with E-state index in [1.807, 2.05) is 97.6 Å². The van der Waals surface area contributed by atoms with Crippen LogP contribution < -0.4 is 20.9 Å². The van der Waals surface area contributed by atoms with Crippen molar-refractivity contribution in [2.24, 2.45) is 0 Å². The first kappa shape index (κ1) is 34.4. The van der Waals surface area contributed by atoms with Gasteiger partial charge in [0.1, 0.15) is 0 Å². The maximum Gasteiger partial charge on any atom is 0.0965 e. The van der Waals surface area contributed by atoms with Gasteiger partial charge in [0.2, 0.25) is 0 Å². The first-order valence-electron chi connectivity index (χ1n) is 19.5. The molecule has 0 spiro atoms. The molecule has 21 rings (SSSR count). The minimum Gasteiger partial charge on any atom is -0.253 e. The summed E-state index contributed by atoms with van der Waals surface area (Å²) in [6.07, 6.45) is 7.61. The third-order valence-electron chi connectivity index (χ3n) is 10.9. The summed E-state index contributed by atoms with van der Waals surface area (Å²) in [5, 5.41) is 15.3. The molecular formula is C56H28N4. The smallest absolute Gasteiger partial charge is 0.0965 e. The van der Waals surface area contributed by atoms with Crippen LogP contribution in [0.2, 0.25) is 0 Å². The summed E-state index contributed by atoms with van der Waals surface area (Å²) < 4.78 is 0. The number of aromatic nitrogens is 4. The SMILES string of the molecule is C1=C=C=c2ccccc2=c2cnc3c(ccc4cc(cnc43)=c3ccccc3=C=C=C=C=c3ccccc3=c3cnc4c(ccc5cc(cnc54)=c4ccccc4=C=1)c3)c2. The predicted octanol–water partition coefficient (Wildman–Crippen LogP) is 7.99. The summed E-state index contributed by atoms with van der Waals surface area (Å²) in [5.74, 6) is 0. The Balaban J connectivity index is 1.30. The molecule has 0 unspecified atom stereocenters. The summed E-state index contributed by atoms with van der Waals surface area (Å²) in [6.45, 7) is 0. The predicted molar refractivity (Wildman–Crippen MR) is 237 cm³/mol. The van der Waals surface area contributed by atoms with Gasteiger partial charge in [-0.1, -0.05) is 120 Å². The van der Waals surface area contributed by atoms with E-state index >= 15 is 0 Å². The molecule has 6 aromatic carbocycles. The molecule has 12 bridgehead atoms. The quantitative estimate of drug-likeness (QED) is 0.116. The molecule has 10 aromatic rings. The summed E-state index contributed by atoms with van der Waals surface area (Å²) in [7, 11) is 0. The van der Waals surface area contributed by atoms with E-state index in [2.05, 4.69) is 119 Å². The second kappa shape index (κ2) is 14.6. The molecule has 0 aliphatic carbocycles. The Morgan fingerprint density at radius 1 is 0.267 bits per heavy atom. The molecule has 4 aromatic heterocycles. The van der Waals surface area contributed by atoms with Crippen LogP contribution in [-0.4, -0.2) is 19.9 Å². The molecule has 11 aliphatic rings. The Kier molecular flexibility index (Phi) is 8.39. The highest BCUT2D eigenvalue weighted by atomic mass is 14.7. The highest BCUT2D eigenvalue weighted by molar-refractivity contribution is 6.03. The molecular weight excluding hydrogens is 729 g/mol. The van der Waals surface area contributed by atoms with Gasteiger partial charge in [0, 0.05) is 88.1 Å². The molecule has 4 nitrogen and oxygen atoms in total. The van der Waals surface area contributed by atoms with E-state index < -0.39 is 0 Å². The van der Waals surface area contributed by atoms with Crippen molar-refractivity contribution in [2.75, 3.05) is 0 Å². The van der Waals surface area contributed by atoms with Crippen LogP contribution in [0.1, 0.15) is 0 Å². The number of nitrogens with zero attached hydrogens (tertiary/aromatic N) is 4. The Hall–Kier alpha value is -8.80. The lowest BCUT2D eigenvalue weighted by atomic mass is 10.1. The third-order valence-corrected chi connectivity index (χ3v) is 10.9. The van der Waals surface area contributed by atoms with Gasteiger partial charge in [0.05, 0.1) is 22.1 Å². The minimum absolute atomic E-state index is 0.840. The van der Waals surface area contributed by atoms with E-state index in [4.69, 9.17) is 19.9 Å². The first-order chi connectivity index (χ1) is 29.7. The molecule has 0 saturated heterocycles. The Morgan fingerprint density at radius 3 is 0.750 bits per heavy atom. The van der Waals surface area contributed by atoms with Gasteiger partial charge in [-0.25, -0.2) is 0 Å². The van der Waals surface area contributed by atoms with Gasteiger partial charge < -0.3 is 0 Å². The van der Waals surface area contributed by atoms with Crippen molar-refractivity contribution >= 4 is 66.5 Å². The van der Waals surface area contributed by atoms with Gasteiger partial charge in [-0.3, -0.25) is 19.9 Å². The molecule has 60 heavy (non-hydrogen) atoms. The van der Waals surface area contributed by atoms with Gasteiger partial charge >= 0.3 is 0 Å². The number of hydrogen-bond acceptors (Lipinski definition) is 4. The fourth-order valence-corrected chi connectivity index (χ4v) is 7.94. The molecule has 0 fully saturated rings. The van der Waals surface area contributed by atoms with Gasteiger partial charge in [-0.15, -0.1) is 0 Å². The van der Waals surface area contributed by atoms with Crippen LogP contribution >= 0.6 is 0 Å². The molecule has 0 N–H and O–H groups in total. The van der Waals surface area contributed by atoms with Gasteiger partial charge in [-0.05, 0) is 92.3 Å². The lowest BCUT2D eigenvalue weighted by molar-refractivity contribution is 1.31. The summed E-state index contributed by atoms with van der Waals surface area (Å²) >= 11 is 0. The van der Waals surface area contributed by atoms with Crippen LogP contribution in [-0.2, 0) is 0 Å². The van der Waals surface area contributed by atoms with Crippen molar-refractivity contribution in [2.45, 2.75) is 0 Å². The molecule has 0 atom stereocenters. The van der Waals surface area contributed by atoms with Crippen LogP contribution in [0.3, 0.4) is 0 Å². The van der Waals surface area contributed by atoms with Crippen molar-refractivity contribution < 1.29 is 0 Å². The second-order valence-corrected chi connectivity index (χ2v) is 14.5. The molecule has 0 radical (unpaired) electrons. The summed E-state index contributed by atoms with van der Waals surface area (Å²) in [4.78, 5) is 19.8. The Bertz CT molecular complexity index is 3900. The Morgan fingerprint density at radius 2 is 0.500 bits per heavy atom. The monoisotopic (exact) mass is 756 g/mol. The van der Waals surface area contributed by atoms with E-state index in [1.54, 1.807) is 0 Å². The first-order valence-corrected chi connectivity index (χ1v) is 19.5. The van der Waals surface area contributed by atoms with Gasteiger partial charge in [0.25, 0.3) is 0 Å². The van der Waals surface area contributed by atoms with Crippen LogP contribution in [0, 0.1) is 41.7 Å². The second-order valence-electron chi connectivity index (χ2n) is 14.5. The number of pyridine rings is 4. The standard InChI is InChI=1S/C56H28N4/c1-2-14-38-18-6-10-22-50(38)46-30-42-27-28-44-32-48(36-60-56(44)54(42)58-34-46)52-24-12-8-20-40(52)16-4-3-15-39-19-7-11-23-51(39)47-31-43-26-25-41-29-45(33-57-53(41)55(43)59-35-47)49-21-9-5-17-37(49)13-1/h5-12,17-36H. The zero-order chi connectivity index (χ0) is 39.8. The van der Waals surface area contributed by atoms with Crippen LogP contribution in [0.4, 0.5) is 0 Å². The highest BCUT2D eigenvalue weighted by Gasteiger charge is 2.06. The van der Waals surface area contributed by atoms with Crippen molar-refractivity contribution in [3.05, 3.63) is 256 Å². The topological polar surface area (TPSA) is 51.6 Å². The molecule has 0 amide bonds. The lowest BCUT2D eigenvalue weighted by Gasteiger charge is -2.03. The Labute approximate surface area is 341 Å². The van der Waals surface area contributed by atoms with E-state index in [1.165, 1.54) is 0 Å². The van der Waals surface area contributed by atoms with Crippen molar-refractivity contribution in [3.63, 3.8) is 0 Å². The largest absolute Gasteiger partial charge is 0.253 e. The van der Waals surface area contributed by atoms with Crippen molar-refractivity contribution in [1.82, 2.24) is 19.9 Å². The maximum atomic E-state index is 4.95. The van der Waals surface area contributed by atoms with Gasteiger partial charge in [0.15, 0.2) is 0 Å². The van der Waals surface area contributed by atoms with E-state index in [0.717, 1.165) is 106 Å². The van der Waals surface area contributed by atoms with Crippen LogP contribution in [0.5, 0.6) is 0 Å². The van der Waals surface area contributed by atoms with E-state index in [9.17, 15) is 0 Å².